The zero-order chi connectivity index (χ0) is 4.28. The number of aliphatic hydroxyl groups excluding tert-OH is 1. The highest BCUT2D eigenvalue weighted by Gasteiger charge is 1.74. The lowest BCUT2D eigenvalue weighted by Crippen LogP contribution is -2.13. The third-order valence-corrected chi connectivity index (χ3v) is 0.241. The van der Waals surface area contributed by atoms with Gasteiger partial charge in [0, 0.05) is 0 Å². The molecule has 0 spiro atoms. The molecule has 3 N–H and O–H groups in total. The maximum Gasteiger partial charge on any atom is 0.121 e. The molecule has 0 rings (SSSR count). The van der Waals surface area contributed by atoms with Crippen molar-refractivity contribution < 1.29 is 5.11 Å². The molecule has 0 amide bonds. The molecule has 0 aliphatic rings. The second kappa shape index (κ2) is 4.95. The fourth-order valence-corrected chi connectivity index (χ4v) is 0. The largest absolute Gasteiger partial charge is 0.375 e. The van der Waals surface area contributed by atoms with Crippen LogP contribution in [0, 0.1) is 0 Å². The number of halogens is 1. The highest BCUT2D eigenvalue weighted by Crippen LogP contribution is 1.61. The molecular weight excluding hydrogens is 101 g/mol. The second-order valence-corrected chi connectivity index (χ2v) is 0.726. The normalized spacial score (nSPS) is 11.7. The van der Waals surface area contributed by atoms with Crippen LogP contribution >= 0.6 is 12.4 Å². The predicted molar refractivity (Wildman–Crippen MR) is 27.6 cm³/mol. The molecule has 0 radical (unpaired) electrons. The van der Waals surface area contributed by atoms with Gasteiger partial charge in [0.25, 0.3) is 0 Å². The van der Waals surface area contributed by atoms with E-state index in [9.17, 15) is 0 Å². The number of rotatable bonds is 1. The molecule has 38 valence electrons. The molecule has 2 nitrogen and oxygen atoms in total. The summed E-state index contributed by atoms with van der Waals surface area (Å²) in [4.78, 5) is 0. The fraction of sp³-hybridized carbons (Fsp3) is 0.333. The van der Waals surface area contributed by atoms with E-state index in [-0.39, 0.29) is 12.4 Å². The third kappa shape index (κ3) is 9.04. The topological polar surface area (TPSA) is 46.2 Å². The van der Waals surface area contributed by atoms with Crippen LogP contribution in [0.15, 0.2) is 12.7 Å². The van der Waals surface area contributed by atoms with Gasteiger partial charge in [0.15, 0.2) is 0 Å². The lowest BCUT2D eigenvalue weighted by molar-refractivity contribution is 0.232. The van der Waals surface area contributed by atoms with E-state index in [2.05, 4.69) is 6.58 Å². The summed E-state index contributed by atoms with van der Waals surface area (Å²) in [6.45, 7) is 3.19. The standard InChI is InChI=1S/C3H7NO.ClH/c1-2-3(4)5;/h2-3,5H,1,4H2;1H. The van der Waals surface area contributed by atoms with E-state index in [0.717, 1.165) is 0 Å². The molecule has 0 bridgehead atoms. The minimum atomic E-state index is -0.852. The monoisotopic (exact) mass is 109 g/mol. The number of hydrogen-bond donors (Lipinski definition) is 2. The Labute approximate surface area is 43.1 Å². The minimum Gasteiger partial charge on any atom is -0.375 e. The summed E-state index contributed by atoms with van der Waals surface area (Å²) < 4.78 is 0. The zero-order valence-corrected chi connectivity index (χ0v) is 4.11. The van der Waals surface area contributed by atoms with Gasteiger partial charge in [0.1, 0.15) is 6.23 Å². The van der Waals surface area contributed by atoms with Crippen molar-refractivity contribution in [1.82, 2.24) is 0 Å². The van der Waals surface area contributed by atoms with Crippen LogP contribution in [0.25, 0.3) is 0 Å². The van der Waals surface area contributed by atoms with Crippen molar-refractivity contribution >= 4 is 12.4 Å². The van der Waals surface area contributed by atoms with Gasteiger partial charge in [-0.05, 0) is 6.08 Å². The second-order valence-electron chi connectivity index (χ2n) is 0.726. The molecule has 0 aromatic rings. The molecule has 0 saturated heterocycles. The maximum absolute atomic E-state index is 8.02. The molecule has 6 heavy (non-hydrogen) atoms. The van der Waals surface area contributed by atoms with Crippen LogP contribution in [-0.4, -0.2) is 11.3 Å². The van der Waals surface area contributed by atoms with E-state index in [4.69, 9.17) is 10.8 Å². The van der Waals surface area contributed by atoms with Crippen LogP contribution in [0.3, 0.4) is 0 Å². The molecule has 0 aromatic carbocycles. The average Bonchev–Trinajstić information content (AvgIpc) is 1.38. The van der Waals surface area contributed by atoms with Crippen LogP contribution in [0.5, 0.6) is 0 Å². The first-order valence-corrected chi connectivity index (χ1v) is 1.33. The van der Waals surface area contributed by atoms with Gasteiger partial charge in [-0.3, -0.25) is 0 Å². The summed E-state index contributed by atoms with van der Waals surface area (Å²) in [5.41, 5.74) is 4.73. The van der Waals surface area contributed by atoms with Crippen molar-refractivity contribution in [3.8, 4) is 0 Å². The molecule has 0 aliphatic heterocycles. The maximum atomic E-state index is 8.02. The molecule has 3 heteroatoms. The highest BCUT2D eigenvalue weighted by molar-refractivity contribution is 5.85. The first-order chi connectivity index (χ1) is 2.27. The van der Waals surface area contributed by atoms with E-state index >= 15 is 0 Å². The van der Waals surface area contributed by atoms with Gasteiger partial charge >= 0.3 is 0 Å². The first-order valence-electron chi connectivity index (χ1n) is 1.33. The van der Waals surface area contributed by atoms with Gasteiger partial charge in [0.05, 0.1) is 0 Å². The Morgan fingerprint density at radius 3 is 2.00 bits per heavy atom. The molecule has 0 aliphatic carbocycles. The summed E-state index contributed by atoms with van der Waals surface area (Å²) in [7, 11) is 0. The predicted octanol–water partition coefficient (Wildman–Crippen LogP) is -0.129. The number of hydrogen-bond acceptors (Lipinski definition) is 2. The van der Waals surface area contributed by atoms with Crippen molar-refractivity contribution in [3.63, 3.8) is 0 Å². The van der Waals surface area contributed by atoms with E-state index in [1.807, 2.05) is 0 Å². The summed E-state index contributed by atoms with van der Waals surface area (Å²) in [6.07, 6.45) is 0.398. The molecule has 0 fully saturated rings. The van der Waals surface area contributed by atoms with Crippen molar-refractivity contribution in [2.75, 3.05) is 0 Å². The smallest absolute Gasteiger partial charge is 0.121 e. The van der Waals surface area contributed by atoms with E-state index in [1.165, 1.54) is 6.08 Å². The molecule has 1 unspecified atom stereocenters. The molecule has 0 saturated carbocycles. The Balaban J connectivity index is 0. The molecule has 0 heterocycles. The van der Waals surface area contributed by atoms with Gasteiger partial charge in [-0.2, -0.15) is 0 Å². The lowest BCUT2D eigenvalue weighted by Gasteiger charge is -1.85. The average molecular weight is 110 g/mol. The van der Waals surface area contributed by atoms with Crippen molar-refractivity contribution in [1.29, 1.82) is 0 Å². The van der Waals surface area contributed by atoms with E-state index in [1.54, 1.807) is 0 Å². The Morgan fingerprint density at radius 1 is 1.83 bits per heavy atom. The Hall–Kier alpha value is -0.0500. The van der Waals surface area contributed by atoms with Crippen molar-refractivity contribution in [3.05, 3.63) is 12.7 Å². The zero-order valence-electron chi connectivity index (χ0n) is 3.29. The van der Waals surface area contributed by atoms with Gasteiger partial charge in [-0.1, -0.05) is 6.58 Å². The van der Waals surface area contributed by atoms with Crippen LogP contribution < -0.4 is 5.73 Å². The fourth-order valence-electron chi connectivity index (χ4n) is 0. The van der Waals surface area contributed by atoms with Crippen LogP contribution in [0.1, 0.15) is 0 Å². The Kier molecular flexibility index (Phi) is 7.71. The SMILES string of the molecule is C=CC(N)O.Cl. The summed E-state index contributed by atoms with van der Waals surface area (Å²) in [6, 6.07) is 0. The lowest BCUT2D eigenvalue weighted by atomic mass is 10.6. The Morgan fingerprint density at radius 2 is 2.00 bits per heavy atom. The molecule has 0 aromatic heterocycles. The van der Waals surface area contributed by atoms with E-state index in [0.29, 0.717) is 0 Å². The van der Waals surface area contributed by atoms with Crippen molar-refractivity contribution in [2.24, 2.45) is 5.73 Å². The van der Waals surface area contributed by atoms with Crippen LogP contribution in [0.2, 0.25) is 0 Å². The number of nitrogens with two attached hydrogens (primary N) is 1. The third-order valence-electron chi connectivity index (χ3n) is 0.241. The summed E-state index contributed by atoms with van der Waals surface area (Å²) >= 11 is 0. The van der Waals surface area contributed by atoms with Crippen LogP contribution in [-0.2, 0) is 0 Å². The summed E-state index contributed by atoms with van der Waals surface area (Å²) in [5.74, 6) is 0. The molecule has 1 atom stereocenters. The highest BCUT2D eigenvalue weighted by atomic mass is 35.5. The van der Waals surface area contributed by atoms with Gasteiger partial charge < -0.3 is 10.8 Å². The van der Waals surface area contributed by atoms with Crippen LogP contribution in [0.4, 0.5) is 0 Å². The minimum absolute atomic E-state index is 0. The summed E-state index contributed by atoms with van der Waals surface area (Å²) in [5, 5.41) is 8.02. The van der Waals surface area contributed by atoms with Gasteiger partial charge in [-0.15, -0.1) is 12.4 Å². The molecular formula is C3H8ClNO. The first kappa shape index (κ1) is 9.34. The Bertz CT molecular complexity index is 37.8. The van der Waals surface area contributed by atoms with E-state index < -0.39 is 6.23 Å². The number of aliphatic hydroxyl groups is 1. The van der Waals surface area contributed by atoms with Gasteiger partial charge in [0.2, 0.25) is 0 Å². The van der Waals surface area contributed by atoms with Crippen molar-refractivity contribution in [2.45, 2.75) is 6.23 Å². The quantitative estimate of drug-likeness (QED) is 0.364. The van der Waals surface area contributed by atoms with Gasteiger partial charge in [-0.25, -0.2) is 0 Å².